The van der Waals surface area contributed by atoms with Crippen molar-refractivity contribution in [3.8, 4) is 0 Å². The van der Waals surface area contributed by atoms with Crippen LogP contribution in [0.1, 0.15) is 22.3 Å². The van der Waals surface area contributed by atoms with Crippen molar-refractivity contribution in [1.82, 2.24) is 0 Å². The minimum Gasteiger partial charge on any atom is -0.366 e. The molecule has 0 aromatic heterocycles. The smallest absolute Gasteiger partial charge is 0.269 e. The number of non-ortho nitro benzene ring substituents is 1. The number of rotatable bonds is 4. The van der Waals surface area contributed by atoms with E-state index in [1.165, 1.54) is 0 Å². The van der Waals surface area contributed by atoms with Crippen molar-refractivity contribution < 1.29 is 18.8 Å². The average molecular weight is 228 g/mol. The van der Waals surface area contributed by atoms with Crippen molar-refractivity contribution in [2.24, 2.45) is 5.73 Å². The first-order valence-electron chi connectivity index (χ1n) is 4.22. The Balaban J connectivity index is 3.32. The Kier molecular flexibility index (Phi) is 3.51. The second kappa shape index (κ2) is 4.67. The van der Waals surface area contributed by atoms with E-state index in [1.807, 2.05) is 0 Å². The Labute approximate surface area is 90.0 Å². The number of methoxy groups -OCH3 is 1. The largest absolute Gasteiger partial charge is 0.366 e. The zero-order valence-corrected chi connectivity index (χ0v) is 8.34. The molecule has 0 saturated heterocycles. The first-order valence-corrected chi connectivity index (χ1v) is 4.22. The van der Waals surface area contributed by atoms with E-state index in [1.54, 1.807) is 0 Å². The van der Waals surface area contributed by atoms with Gasteiger partial charge in [0.2, 0.25) is 12.3 Å². The molecule has 0 bridgehead atoms. The monoisotopic (exact) mass is 228 g/mol. The van der Waals surface area contributed by atoms with Crippen LogP contribution >= 0.6 is 0 Å². The maximum Gasteiger partial charge on any atom is 0.269 e. The highest BCUT2D eigenvalue weighted by molar-refractivity contribution is 5.94. The van der Waals surface area contributed by atoms with Gasteiger partial charge in [0, 0.05) is 30.4 Å². The normalized spacial score (nSPS) is 12.1. The van der Waals surface area contributed by atoms with Crippen LogP contribution in [0.25, 0.3) is 0 Å². The summed E-state index contributed by atoms with van der Waals surface area (Å²) in [5.74, 6) is -0.871. The van der Waals surface area contributed by atoms with Crippen LogP contribution in [0, 0.1) is 10.1 Å². The van der Waals surface area contributed by atoms with Crippen molar-refractivity contribution in [1.29, 1.82) is 0 Å². The van der Waals surface area contributed by atoms with Gasteiger partial charge in [0.1, 0.15) is 0 Å². The van der Waals surface area contributed by atoms with Gasteiger partial charge in [0.25, 0.3) is 5.69 Å². The minimum absolute atomic E-state index is 0.139. The Hall–Kier alpha value is -2.02. The fourth-order valence-electron chi connectivity index (χ4n) is 1.20. The molecule has 16 heavy (non-hydrogen) atoms. The molecule has 1 unspecified atom stereocenters. The van der Waals surface area contributed by atoms with Gasteiger partial charge in [-0.2, -0.15) is 0 Å². The number of halogens is 1. The van der Waals surface area contributed by atoms with Crippen LogP contribution in [0.3, 0.4) is 0 Å². The zero-order valence-electron chi connectivity index (χ0n) is 8.34. The van der Waals surface area contributed by atoms with Crippen molar-refractivity contribution in [2.75, 3.05) is 7.11 Å². The molecule has 1 aromatic rings. The fourth-order valence-corrected chi connectivity index (χ4v) is 1.20. The minimum atomic E-state index is -1.93. The lowest BCUT2D eigenvalue weighted by molar-refractivity contribution is -0.385. The van der Waals surface area contributed by atoms with Gasteiger partial charge >= 0.3 is 0 Å². The molecule has 1 rings (SSSR count). The van der Waals surface area contributed by atoms with Gasteiger partial charge in [-0.25, -0.2) is 4.39 Å². The number of hydrogen-bond acceptors (Lipinski definition) is 4. The van der Waals surface area contributed by atoms with E-state index < -0.39 is 17.2 Å². The third kappa shape index (κ3) is 2.31. The number of nitro groups is 1. The van der Waals surface area contributed by atoms with Gasteiger partial charge in [-0.3, -0.25) is 14.9 Å². The van der Waals surface area contributed by atoms with Gasteiger partial charge < -0.3 is 10.5 Å². The number of carbonyl (C=O) groups is 1. The van der Waals surface area contributed by atoms with Crippen molar-refractivity contribution in [3.05, 3.63) is 39.4 Å². The molecule has 0 aliphatic heterocycles. The van der Waals surface area contributed by atoms with Crippen LogP contribution in [0.2, 0.25) is 0 Å². The lowest BCUT2D eigenvalue weighted by atomic mass is 10.1. The summed E-state index contributed by atoms with van der Waals surface area (Å²) < 4.78 is 17.6. The molecule has 1 aromatic carbocycles. The fraction of sp³-hybridized carbons (Fsp3) is 0.222. The molecule has 6 nitrogen and oxygen atoms in total. The van der Waals surface area contributed by atoms with E-state index in [9.17, 15) is 19.3 Å². The number of alkyl halides is 1. The Morgan fingerprint density at radius 2 is 2.25 bits per heavy atom. The van der Waals surface area contributed by atoms with Gasteiger partial charge in [-0.05, 0) is 6.07 Å². The van der Waals surface area contributed by atoms with Crippen LogP contribution in [-0.4, -0.2) is 17.9 Å². The maximum absolute atomic E-state index is 13.3. The lowest BCUT2D eigenvalue weighted by Gasteiger charge is -2.09. The van der Waals surface area contributed by atoms with Crippen molar-refractivity contribution >= 4 is 11.6 Å². The molecule has 1 amide bonds. The quantitative estimate of drug-likeness (QED) is 0.620. The summed E-state index contributed by atoms with van der Waals surface area (Å²) in [4.78, 5) is 20.7. The van der Waals surface area contributed by atoms with E-state index >= 15 is 0 Å². The summed E-state index contributed by atoms with van der Waals surface area (Å²) in [6, 6.07) is 3.10. The van der Waals surface area contributed by atoms with E-state index in [-0.39, 0.29) is 16.8 Å². The summed E-state index contributed by atoms with van der Waals surface area (Å²) in [6.45, 7) is 0. The molecule has 0 saturated carbocycles. The van der Waals surface area contributed by atoms with E-state index in [0.717, 1.165) is 25.3 Å². The molecular formula is C9H9FN2O4. The third-order valence-corrected chi connectivity index (χ3v) is 1.96. The van der Waals surface area contributed by atoms with Crippen LogP contribution < -0.4 is 5.73 Å². The summed E-state index contributed by atoms with van der Waals surface area (Å²) in [5.41, 5.74) is 4.28. The predicted octanol–water partition coefficient (Wildman–Crippen LogP) is 1.31. The number of amides is 1. The third-order valence-electron chi connectivity index (χ3n) is 1.96. The van der Waals surface area contributed by atoms with Crippen LogP contribution in [-0.2, 0) is 4.74 Å². The van der Waals surface area contributed by atoms with E-state index in [2.05, 4.69) is 4.74 Å². The van der Waals surface area contributed by atoms with E-state index in [4.69, 9.17) is 5.73 Å². The number of carbonyl (C=O) groups excluding carboxylic acids is 1. The second-order valence-corrected chi connectivity index (χ2v) is 2.94. The first kappa shape index (κ1) is 12.1. The van der Waals surface area contributed by atoms with Gasteiger partial charge in [0.15, 0.2) is 0 Å². The summed E-state index contributed by atoms with van der Waals surface area (Å²) in [6.07, 6.45) is -1.93. The van der Waals surface area contributed by atoms with Crippen LogP contribution in [0.4, 0.5) is 10.1 Å². The van der Waals surface area contributed by atoms with Crippen molar-refractivity contribution in [3.63, 3.8) is 0 Å². The number of nitrogens with two attached hydrogens (primary N) is 1. The standard InChI is InChI=1S/C9H9FN2O4/c1-16-8(10)7-4-5(12(14)15)2-3-6(7)9(11)13/h2-4,8H,1H3,(H2,11,13). The predicted molar refractivity (Wildman–Crippen MR) is 52.5 cm³/mol. The molecule has 0 radical (unpaired) electrons. The average Bonchev–Trinajstić information content (AvgIpc) is 2.26. The van der Waals surface area contributed by atoms with Gasteiger partial charge in [0.05, 0.1) is 4.92 Å². The van der Waals surface area contributed by atoms with Crippen LogP contribution in [0.5, 0.6) is 0 Å². The summed E-state index contributed by atoms with van der Waals surface area (Å²) >= 11 is 0. The molecular weight excluding hydrogens is 219 g/mol. The van der Waals surface area contributed by atoms with Gasteiger partial charge in [-0.15, -0.1) is 0 Å². The Morgan fingerprint density at radius 1 is 1.62 bits per heavy atom. The molecule has 86 valence electrons. The summed E-state index contributed by atoms with van der Waals surface area (Å²) in [5, 5.41) is 10.5. The van der Waals surface area contributed by atoms with Crippen molar-refractivity contribution in [2.45, 2.75) is 6.36 Å². The number of nitrogens with zero attached hydrogens (tertiary/aromatic N) is 1. The number of hydrogen-bond donors (Lipinski definition) is 1. The number of primary amides is 1. The van der Waals surface area contributed by atoms with Crippen LogP contribution in [0.15, 0.2) is 18.2 Å². The van der Waals surface area contributed by atoms with E-state index in [0.29, 0.717) is 0 Å². The molecule has 0 aliphatic rings. The SMILES string of the molecule is COC(F)c1cc([N+](=O)[O-])ccc1C(N)=O. The highest BCUT2D eigenvalue weighted by atomic mass is 19.1. The molecule has 0 fully saturated rings. The maximum atomic E-state index is 13.3. The van der Waals surface area contributed by atoms with Gasteiger partial charge in [-0.1, -0.05) is 0 Å². The topological polar surface area (TPSA) is 95.5 Å². The number of nitro benzene ring substituents is 1. The first-order chi connectivity index (χ1) is 7.47. The highest BCUT2D eigenvalue weighted by Gasteiger charge is 2.20. The molecule has 0 spiro atoms. The summed E-state index contributed by atoms with van der Waals surface area (Å²) in [7, 11) is 1.08. The molecule has 2 N–H and O–H groups in total. The molecule has 7 heteroatoms. The Bertz CT molecular complexity index is 436. The number of ether oxygens (including phenoxy) is 1. The Morgan fingerprint density at radius 3 is 2.69 bits per heavy atom. The number of benzene rings is 1. The lowest BCUT2D eigenvalue weighted by Crippen LogP contribution is -2.15. The molecule has 0 aliphatic carbocycles. The second-order valence-electron chi connectivity index (χ2n) is 2.94. The molecule has 0 heterocycles. The molecule has 1 atom stereocenters. The highest BCUT2D eigenvalue weighted by Crippen LogP contribution is 2.26. The zero-order chi connectivity index (χ0) is 12.3.